The molecule has 0 bridgehead atoms. The van der Waals surface area contributed by atoms with E-state index in [1.165, 1.54) is 0 Å². The van der Waals surface area contributed by atoms with E-state index in [2.05, 4.69) is 36.8 Å². The Bertz CT molecular complexity index is 1120. The van der Waals surface area contributed by atoms with Crippen LogP contribution in [0, 0.1) is 11.6 Å². The summed E-state index contributed by atoms with van der Waals surface area (Å²) in [4.78, 5) is 24.4. The number of thioether (sulfide) groups is 1. The molecule has 0 spiro atoms. The average molecular weight is 531 g/mol. The molecule has 2 amide bonds. The lowest BCUT2D eigenvalue weighted by molar-refractivity contribution is -0.113. The lowest BCUT2D eigenvalue weighted by Gasteiger charge is -2.09. The maximum absolute atomic E-state index is 13.8. The Morgan fingerprint density at radius 2 is 1.97 bits per heavy atom. The van der Waals surface area contributed by atoms with Crippen molar-refractivity contribution in [2.75, 3.05) is 11.1 Å². The number of carbonyl (C=O) groups is 2. The summed E-state index contributed by atoms with van der Waals surface area (Å²) in [5, 5.41) is 13.9. The molecule has 0 saturated heterocycles. The number of aromatic nitrogens is 3. The number of hydrogen-bond acceptors (Lipinski definition) is 5. The zero-order valence-electron chi connectivity index (χ0n) is 16.0. The average Bonchev–Trinajstić information content (AvgIpc) is 3.07. The second-order valence-electron chi connectivity index (χ2n) is 6.20. The first-order valence-electron chi connectivity index (χ1n) is 8.74. The van der Waals surface area contributed by atoms with Gasteiger partial charge >= 0.3 is 0 Å². The molecule has 31 heavy (non-hydrogen) atoms. The van der Waals surface area contributed by atoms with Crippen molar-refractivity contribution >= 4 is 56.8 Å². The smallest absolute Gasteiger partial charge is 0.253 e. The molecule has 0 radical (unpaired) electrons. The number of hydrogen-bond donors (Lipinski definition) is 2. The summed E-state index contributed by atoms with van der Waals surface area (Å²) in [5.41, 5.74) is 0.199. The Morgan fingerprint density at radius 3 is 2.68 bits per heavy atom. The van der Waals surface area contributed by atoms with Crippen molar-refractivity contribution in [3.63, 3.8) is 0 Å². The Balaban J connectivity index is 1.56. The Morgan fingerprint density at radius 1 is 1.23 bits per heavy atom. The molecular weight excluding hydrogens is 516 g/mol. The third-order valence-electron chi connectivity index (χ3n) is 4.05. The predicted molar refractivity (Wildman–Crippen MR) is 117 cm³/mol. The zero-order valence-corrected chi connectivity index (χ0v) is 19.1. The summed E-state index contributed by atoms with van der Waals surface area (Å²) in [5.74, 6) is -2.12. The summed E-state index contributed by atoms with van der Waals surface area (Å²) < 4.78 is 28.7. The lowest BCUT2D eigenvalue weighted by Crippen LogP contribution is -2.24. The fraction of sp³-hybridized carbons (Fsp3) is 0.158. The second-order valence-corrected chi connectivity index (χ2v) is 8.41. The Kier molecular flexibility index (Phi) is 7.63. The molecule has 2 N–H and O–H groups in total. The molecule has 3 rings (SSSR count). The van der Waals surface area contributed by atoms with Crippen molar-refractivity contribution < 1.29 is 18.4 Å². The first-order chi connectivity index (χ1) is 14.8. The van der Waals surface area contributed by atoms with Gasteiger partial charge in [0.05, 0.1) is 28.6 Å². The van der Waals surface area contributed by atoms with Crippen molar-refractivity contribution in [1.82, 2.24) is 20.1 Å². The van der Waals surface area contributed by atoms with Gasteiger partial charge in [0.15, 0.2) is 16.8 Å². The Hall–Kier alpha value is -2.50. The van der Waals surface area contributed by atoms with Crippen LogP contribution in [0.2, 0.25) is 5.02 Å². The minimum Gasteiger partial charge on any atom is -0.345 e. The van der Waals surface area contributed by atoms with Crippen molar-refractivity contribution in [1.29, 1.82) is 0 Å². The van der Waals surface area contributed by atoms with Crippen LogP contribution in [0.1, 0.15) is 16.2 Å². The molecule has 0 aliphatic heterocycles. The van der Waals surface area contributed by atoms with Gasteiger partial charge in [-0.2, -0.15) is 0 Å². The first-order valence-corrected chi connectivity index (χ1v) is 10.9. The zero-order chi connectivity index (χ0) is 22.5. The van der Waals surface area contributed by atoms with Crippen molar-refractivity contribution in [3.8, 4) is 0 Å². The number of nitrogens with zero attached hydrogens (tertiary/aromatic N) is 3. The van der Waals surface area contributed by atoms with Gasteiger partial charge in [0.25, 0.3) is 5.91 Å². The number of nitrogens with one attached hydrogen (secondary N) is 2. The van der Waals surface area contributed by atoms with E-state index < -0.39 is 17.5 Å². The molecule has 12 heteroatoms. The van der Waals surface area contributed by atoms with Crippen LogP contribution in [0.3, 0.4) is 0 Å². The third-order valence-corrected chi connectivity index (χ3v) is 6.03. The SMILES string of the molecule is Cn1c(CNC(=O)c2ccccc2Cl)nnc1SCC(=O)Nc1c(F)cc(F)cc1Br. The molecule has 0 atom stereocenters. The van der Waals surface area contributed by atoms with Gasteiger partial charge < -0.3 is 15.2 Å². The van der Waals surface area contributed by atoms with Gasteiger partial charge in [0.1, 0.15) is 5.82 Å². The van der Waals surface area contributed by atoms with Gasteiger partial charge in [0.2, 0.25) is 5.91 Å². The topological polar surface area (TPSA) is 88.9 Å². The molecule has 3 aromatic rings. The minimum absolute atomic E-state index is 0.0821. The van der Waals surface area contributed by atoms with E-state index in [1.807, 2.05) is 0 Å². The highest BCUT2D eigenvalue weighted by molar-refractivity contribution is 9.10. The number of amides is 2. The molecule has 0 aliphatic rings. The van der Waals surface area contributed by atoms with Crippen LogP contribution in [0.15, 0.2) is 46.0 Å². The molecule has 0 unspecified atom stereocenters. The maximum atomic E-state index is 13.8. The maximum Gasteiger partial charge on any atom is 0.253 e. The predicted octanol–water partition coefficient (Wildman–Crippen LogP) is 4.17. The molecule has 7 nitrogen and oxygen atoms in total. The van der Waals surface area contributed by atoms with E-state index in [0.717, 1.165) is 17.8 Å². The largest absolute Gasteiger partial charge is 0.345 e. The quantitative estimate of drug-likeness (QED) is 0.448. The van der Waals surface area contributed by atoms with Crippen LogP contribution in [0.5, 0.6) is 0 Å². The van der Waals surface area contributed by atoms with Gasteiger partial charge in [-0.15, -0.1) is 10.2 Å². The molecule has 0 fully saturated rings. The molecular formula is C19H15BrClF2N5O2S. The molecule has 0 aliphatic carbocycles. The van der Waals surface area contributed by atoms with Crippen molar-refractivity contribution in [3.05, 3.63) is 68.9 Å². The molecule has 1 heterocycles. The van der Waals surface area contributed by atoms with E-state index in [4.69, 9.17) is 11.6 Å². The van der Waals surface area contributed by atoms with Crippen LogP contribution in [0.4, 0.5) is 14.5 Å². The van der Waals surface area contributed by atoms with Crippen LogP contribution >= 0.6 is 39.3 Å². The number of anilines is 1. The summed E-state index contributed by atoms with van der Waals surface area (Å²) in [7, 11) is 1.69. The van der Waals surface area contributed by atoms with Gasteiger partial charge in [-0.1, -0.05) is 35.5 Å². The van der Waals surface area contributed by atoms with Gasteiger partial charge in [-0.05, 0) is 34.1 Å². The van der Waals surface area contributed by atoms with E-state index in [9.17, 15) is 18.4 Å². The summed E-state index contributed by atoms with van der Waals surface area (Å²) >= 11 is 10.1. The number of carbonyl (C=O) groups excluding carboxylic acids is 2. The minimum atomic E-state index is -0.888. The van der Waals surface area contributed by atoms with Crippen molar-refractivity contribution in [2.24, 2.45) is 7.05 Å². The highest BCUT2D eigenvalue weighted by atomic mass is 79.9. The second kappa shape index (κ2) is 10.2. The summed E-state index contributed by atoms with van der Waals surface area (Å²) in [6.45, 7) is 0.105. The third kappa shape index (κ3) is 5.81. The van der Waals surface area contributed by atoms with Crippen molar-refractivity contribution in [2.45, 2.75) is 11.7 Å². The number of rotatable bonds is 7. The van der Waals surface area contributed by atoms with Crippen LogP contribution in [-0.2, 0) is 18.4 Å². The molecule has 1 aromatic heterocycles. The van der Waals surface area contributed by atoms with Crippen LogP contribution < -0.4 is 10.6 Å². The first kappa shape index (κ1) is 23.2. The molecule has 162 valence electrons. The van der Waals surface area contributed by atoms with E-state index >= 15 is 0 Å². The standard InChI is InChI=1S/C19H15BrClF2N5O2S/c1-28-15(8-24-18(30)11-4-2-3-5-13(11)21)26-27-19(28)31-9-16(29)25-17-12(20)6-10(22)7-14(17)23/h2-7H,8-9H2,1H3,(H,24,30)(H,25,29). The number of benzene rings is 2. The molecule has 2 aromatic carbocycles. The lowest BCUT2D eigenvalue weighted by atomic mass is 10.2. The highest BCUT2D eigenvalue weighted by Gasteiger charge is 2.16. The Labute approximate surface area is 193 Å². The monoisotopic (exact) mass is 529 g/mol. The number of halogens is 4. The van der Waals surface area contributed by atoms with Gasteiger partial charge in [-0.25, -0.2) is 8.78 Å². The van der Waals surface area contributed by atoms with Gasteiger partial charge in [-0.3, -0.25) is 9.59 Å². The van der Waals surface area contributed by atoms with Crippen LogP contribution in [0.25, 0.3) is 0 Å². The highest BCUT2D eigenvalue weighted by Crippen LogP contribution is 2.27. The fourth-order valence-electron chi connectivity index (χ4n) is 2.49. The van der Waals surface area contributed by atoms with E-state index in [1.54, 1.807) is 35.9 Å². The van der Waals surface area contributed by atoms with E-state index in [0.29, 0.717) is 27.6 Å². The normalized spacial score (nSPS) is 10.7. The van der Waals surface area contributed by atoms with Gasteiger partial charge in [0, 0.05) is 17.6 Å². The van der Waals surface area contributed by atoms with Crippen LogP contribution in [-0.4, -0.2) is 32.3 Å². The van der Waals surface area contributed by atoms with E-state index in [-0.39, 0.29) is 28.4 Å². The fourth-order valence-corrected chi connectivity index (χ4v) is 3.95. The molecule has 0 saturated carbocycles. The summed E-state index contributed by atoms with van der Waals surface area (Å²) in [6.07, 6.45) is 0. The summed E-state index contributed by atoms with van der Waals surface area (Å²) in [6, 6.07) is 8.40.